The van der Waals surface area contributed by atoms with Crippen molar-refractivity contribution in [3.05, 3.63) is 35.8 Å². The Morgan fingerprint density at radius 3 is 2.90 bits per heavy atom. The first-order chi connectivity index (χ1) is 9.49. The van der Waals surface area contributed by atoms with E-state index in [0.717, 1.165) is 11.9 Å². The molecule has 1 aromatic heterocycles. The Labute approximate surface area is 116 Å². The second-order valence-corrected chi connectivity index (χ2v) is 4.96. The van der Waals surface area contributed by atoms with E-state index in [2.05, 4.69) is 10.3 Å². The molecule has 0 aliphatic rings. The monoisotopic (exact) mass is 279 g/mol. The molecule has 6 heteroatoms. The molecule has 0 radical (unpaired) electrons. The van der Waals surface area contributed by atoms with Crippen LogP contribution in [0, 0.1) is 5.82 Å². The molecule has 2 aromatic rings. The number of hydrogen-bond acceptors (Lipinski definition) is 3. The molecule has 0 unspecified atom stereocenters. The molecule has 1 aromatic carbocycles. The minimum Gasteiger partial charge on any atom is -0.480 e. The van der Waals surface area contributed by atoms with Gasteiger partial charge in [-0.2, -0.15) is 0 Å². The van der Waals surface area contributed by atoms with Crippen LogP contribution in [-0.2, 0) is 4.79 Å². The minimum absolute atomic E-state index is 0.349. The van der Waals surface area contributed by atoms with Gasteiger partial charge in [0.25, 0.3) is 0 Å². The lowest BCUT2D eigenvalue weighted by atomic mass is 10.1. The highest BCUT2D eigenvalue weighted by atomic mass is 19.1. The SMILES string of the molecule is CN(C)CCN[C@H](C(=O)O)c1c[nH]c2cc(F)ccc12. The quantitative estimate of drug-likeness (QED) is 0.751. The zero-order chi connectivity index (χ0) is 14.7. The first kappa shape index (κ1) is 14.5. The summed E-state index contributed by atoms with van der Waals surface area (Å²) in [6, 6.07) is 3.48. The number of likely N-dealkylation sites (N-methyl/N-ethyl adjacent to an activating group) is 1. The fourth-order valence-corrected chi connectivity index (χ4v) is 2.12. The number of rotatable bonds is 6. The van der Waals surface area contributed by atoms with E-state index in [0.29, 0.717) is 17.6 Å². The molecule has 1 atom stereocenters. The molecule has 3 N–H and O–H groups in total. The lowest BCUT2D eigenvalue weighted by Crippen LogP contribution is -2.33. The third-order valence-electron chi connectivity index (χ3n) is 3.14. The summed E-state index contributed by atoms with van der Waals surface area (Å²) in [7, 11) is 3.85. The van der Waals surface area contributed by atoms with Crippen LogP contribution in [-0.4, -0.2) is 48.1 Å². The number of benzene rings is 1. The Morgan fingerprint density at radius 1 is 1.50 bits per heavy atom. The van der Waals surface area contributed by atoms with E-state index in [1.807, 2.05) is 19.0 Å². The molecule has 0 amide bonds. The second-order valence-electron chi connectivity index (χ2n) is 4.96. The highest BCUT2D eigenvalue weighted by Crippen LogP contribution is 2.25. The van der Waals surface area contributed by atoms with E-state index in [1.54, 1.807) is 12.3 Å². The van der Waals surface area contributed by atoms with Gasteiger partial charge in [0, 0.05) is 35.8 Å². The average Bonchev–Trinajstić information content (AvgIpc) is 2.76. The van der Waals surface area contributed by atoms with E-state index < -0.39 is 12.0 Å². The molecular formula is C14H18FN3O2. The van der Waals surface area contributed by atoms with E-state index >= 15 is 0 Å². The van der Waals surface area contributed by atoms with Crippen LogP contribution in [0.3, 0.4) is 0 Å². The fourth-order valence-electron chi connectivity index (χ4n) is 2.12. The molecule has 1 heterocycles. The maximum Gasteiger partial charge on any atom is 0.325 e. The Hall–Kier alpha value is -1.92. The van der Waals surface area contributed by atoms with Crippen LogP contribution in [0.2, 0.25) is 0 Å². The van der Waals surface area contributed by atoms with Gasteiger partial charge in [0.1, 0.15) is 11.9 Å². The van der Waals surface area contributed by atoms with Gasteiger partial charge in [0.05, 0.1) is 0 Å². The standard InChI is InChI=1S/C14H18FN3O2/c1-18(2)6-5-16-13(14(19)20)11-8-17-12-7-9(15)3-4-10(11)12/h3-4,7-8,13,16-17H,5-6H2,1-2H3,(H,19,20)/t13-/m0/s1. The molecule has 0 saturated carbocycles. The van der Waals surface area contributed by atoms with Crippen molar-refractivity contribution in [1.82, 2.24) is 15.2 Å². The Kier molecular flexibility index (Phi) is 4.36. The van der Waals surface area contributed by atoms with E-state index in [1.165, 1.54) is 12.1 Å². The molecule has 20 heavy (non-hydrogen) atoms. The minimum atomic E-state index is -0.950. The zero-order valence-electron chi connectivity index (χ0n) is 11.5. The van der Waals surface area contributed by atoms with E-state index in [4.69, 9.17) is 0 Å². The number of aromatic amines is 1. The molecule has 0 saturated heterocycles. The summed E-state index contributed by atoms with van der Waals surface area (Å²) < 4.78 is 13.1. The van der Waals surface area contributed by atoms with Crippen LogP contribution in [0.25, 0.3) is 10.9 Å². The Bertz CT molecular complexity index is 609. The lowest BCUT2D eigenvalue weighted by molar-refractivity contribution is -0.139. The van der Waals surface area contributed by atoms with Crippen LogP contribution in [0.5, 0.6) is 0 Å². The van der Waals surface area contributed by atoms with Gasteiger partial charge in [-0.25, -0.2) is 4.39 Å². The van der Waals surface area contributed by atoms with Gasteiger partial charge in [-0.3, -0.25) is 10.1 Å². The highest BCUT2D eigenvalue weighted by molar-refractivity contribution is 5.89. The number of nitrogens with zero attached hydrogens (tertiary/aromatic N) is 1. The number of halogens is 1. The van der Waals surface area contributed by atoms with Crippen molar-refractivity contribution < 1.29 is 14.3 Å². The Balaban J connectivity index is 2.25. The van der Waals surface area contributed by atoms with Crippen LogP contribution < -0.4 is 5.32 Å². The molecule has 0 bridgehead atoms. The number of hydrogen-bond donors (Lipinski definition) is 3. The number of carboxylic acid groups (broad SMARTS) is 1. The normalized spacial score (nSPS) is 13.0. The number of nitrogens with one attached hydrogen (secondary N) is 2. The molecule has 0 spiro atoms. The van der Waals surface area contributed by atoms with Crippen LogP contribution in [0.15, 0.2) is 24.4 Å². The maximum absolute atomic E-state index is 13.1. The maximum atomic E-state index is 13.1. The lowest BCUT2D eigenvalue weighted by Gasteiger charge is -2.16. The largest absolute Gasteiger partial charge is 0.480 e. The predicted molar refractivity (Wildman–Crippen MR) is 75.2 cm³/mol. The third-order valence-corrected chi connectivity index (χ3v) is 3.14. The fraction of sp³-hybridized carbons (Fsp3) is 0.357. The molecule has 5 nitrogen and oxygen atoms in total. The topological polar surface area (TPSA) is 68.4 Å². The van der Waals surface area contributed by atoms with Gasteiger partial charge in [0.2, 0.25) is 0 Å². The van der Waals surface area contributed by atoms with Crippen LogP contribution in [0.4, 0.5) is 4.39 Å². The van der Waals surface area contributed by atoms with Crippen LogP contribution >= 0.6 is 0 Å². The first-order valence-electron chi connectivity index (χ1n) is 6.36. The number of aromatic nitrogens is 1. The number of carbonyl (C=O) groups is 1. The Morgan fingerprint density at radius 2 is 2.25 bits per heavy atom. The summed E-state index contributed by atoms with van der Waals surface area (Å²) >= 11 is 0. The summed E-state index contributed by atoms with van der Waals surface area (Å²) in [5.41, 5.74) is 1.21. The summed E-state index contributed by atoms with van der Waals surface area (Å²) in [5, 5.41) is 13.1. The summed E-state index contributed by atoms with van der Waals surface area (Å²) in [6.07, 6.45) is 1.62. The van der Waals surface area contributed by atoms with E-state index in [-0.39, 0.29) is 5.82 Å². The number of aliphatic carboxylic acids is 1. The zero-order valence-corrected chi connectivity index (χ0v) is 11.5. The van der Waals surface area contributed by atoms with Crippen molar-refractivity contribution in [2.45, 2.75) is 6.04 Å². The van der Waals surface area contributed by atoms with Gasteiger partial charge in [-0.1, -0.05) is 0 Å². The van der Waals surface area contributed by atoms with Crippen molar-refractivity contribution in [2.75, 3.05) is 27.2 Å². The van der Waals surface area contributed by atoms with E-state index in [9.17, 15) is 14.3 Å². The van der Waals surface area contributed by atoms with Crippen LogP contribution in [0.1, 0.15) is 11.6 Å². The molecule has 2 rings (SSSR count). The van der Waals surface area contributed by atoms with Crippen molar-refractivity contribution in [3.63, 3.8) is 0 Å². The third kappa shape index (κ3) is 3.15. The van der Waals surface area contributed by atoms with Crippen molar-refractivity contribution >= 4 is 16.9 Å². The van der Waals surface area contributed by atoms with Gasteiger partial charge >= 0.3 is 5.97 Å². The number of H-pyrrole nitrogens is 1. The summed E-state index contributed by atoms with van der Waals surface area (Å²) in [6.45, 7) is 1.29. The molecule has 0 fully saturated rings. The summed E-state index contributed by atoms with van der Waals surface area (Å²) in [5.74, 6) is -1.30. The van der Waals surface area contributed by atoms with Crippen molar-refractivity contribution in [2.24, 2.45) is 0 Å². The molecule has 0 aliphatic carbocycles. The van der Waals surface area contributed by atoms with Gasteiger partial charge in [-0.05, 0) is 32.3 Å². The average molecular weight is 279 g/mol. The number of carboxylic acids is 1. The van der Waals surface area contributed by atoms with Gasteiger partial charge in [-0.15, -0.1) is 0 Å². The molecular weight excluding hydrogens is 261 g/mol. The summed E-state index contributed by atoms with van der Waals surface area (Å²) in [4.78, 5) is 16.3. The predicted octanol–water partition coefficient (Wildman–Crippen LogP) is 1.58. The highest BCUT2D eigenvalue weighted by Gasteiger charge is 2.22. The molecule has 108 valence electrons. The smallest absolute Gasteiger partial charge is 0.325 e. The first-order valence-corrected chi connectivity index (χ1v) is 6.36. The molecule has 0 aliphatic heterocycles. The van der Waals surface area contributed by atoms with Crippen molar-refractivity contribution in [3.8, 4) is 0 Å². The van der Waals surface area contributed by atoms with Gasteiger partial charge < -0.3 is 15.0 Å². The second kappa shape index (κ2) is 6.02. The van der Waals surface area contributed by atoms with Gasteiger partial charge in [0.15, 0.2) is 0 Å². The number of fused-ring (bicyclic) bond motifs is 1. The van der Waals surface area contributed by atoms with Crippen molar-refractivity contribution in [1.29, 1.82) is 0 Å².